The molecule has 0 bridgehead atoms. The molecule has 0 saturated carbocycles. The highest BCUT2D eigenvalue weighted by Crippen LogP contribution is 2.46. The summed E-state index contributed by atoms with van der Waals surface area (Å²) in [5, 5.41) is 33.4. The van der Waals surface area contributed by atoms with Gasteiger partial charge in [-0.15, -0.1) is 0 Å². The lowest BCUT2D eigenvalue weighted by Gasteiger charge is -2.17. The first-order valence-electron chi connectivity index (χ1n) is 17.7. The summed E-state index contributed by atoms with van der Waals surface area (Å²) in [5.41, 5.74) is 18.5. The highest BCUT2D eigenvalue weighted by Gasteiger charge is 2.39. The average Bonchev–Trinajstić information content (AvgIpc) is 3.62. The molecule has 11 nitrogen and oxygen atoms in total. The third-order valence-corrected chi connectivity index (χ3v) is 10.4. The van der Waals surface area contributed by atoms with E-state index in [2.05, 4.69) is 0 Å². The number of benzene rings is 7. The smallest absolute Gasteiger partial charge is 0.266 e. The number of phenolic OH excluding ortho intramolecular Hbond substituents is 3. The van der Waals surface area contributed by atoms with Crippen LogP contribution in [0.3, 0.4) is 0 Å². The molecule has 0 unspecified atom stereocenters. The van der Waals surface area contributed by atoms with Gasteiger partial charge in [-0.3, -0.25) is 19.2 Å². The van der Waals surface area contributed by atoms with Crippen LogP contribution in [0.15, 0.2) is 140 Å². The Kier molecular flexibility index (Phi) is 7.88. The molecule has 0 atom stereocenters. The van der Waals surface area contributed by atoms with Gasteiger partial charge in [-0.25, -0.2) is 9.80 Å². The first kappa shape index (κ1) is 34.6. The minimum absolute atomic E-state index is 0.0419. The Morgan fingerprint density at radius 2 is 0.737 bits per heavy atom. The van der Waals surface area contributed by atoms with Crippen LogP contribution in [0.1, 0.15) is 41.4 Å². The highest BCUT2D eigenvalue weighted by molar-refractivity contribution is 6.35. The van der Waals surface area contributed by atoms with Gasteiger partial charge in [0.1, 0.15) is 5.75 Å². The van der Waals surface area contributed by atoms with Crippen molar-refractivity contribution in [2.45, 2.75) is 0 Å². The third-order valence-electron chi connectivity index (χ3n) is 10.4. The maximum Gasteiger partial charge on any atom is 0.266 e. The zero-order valence-corrected chi connectivity index (χ0v) is 29.8. The average molecular weight is 751 g/mol. The number of hydrogen-bond acceptors (Lipinski definition) is 9. The Morgan fingerprint density at radius 1 is 0.351 bits per heavy atom. The van der Waals surface area contributed by atoms with Crippen molar-refractivity contribution in [2.75, 3.05) is 21.3 Å². The second-order valence-corrected chi connectivity index (χ2v) is 13.8. The molecule has 276 valence electrons. The molecule has 2 aliphatic rings. The van der Waals surface area contributed by atoms with E-state index in [1.165, 1.54) is 18.2 Å². The van der Waals surface area contributed by atoms with Gasteiger partial charge >= 0.3 is 0 Å². The molecule has 0 radical (unpaired) electrons. The summed E-state index contributed by atoms with van der Waals surface area (Å²) >= 11 is 0. The SMILES string of the molecule is Nc1ccc(-c2ccc3c(c2)C(=O)N(c2ccc(-c4ccc(-c5ccc(N6C(=O)c7ccc(-c8ccc(N)cc8)cc7C6=O)c(O)c5)c(O)c4O)cc2)C3=O)cc1. The largest absolute Gasteiger partial charge is 0.506 e. The van der Waals surface area contributed by atoms with Gasteiger partial charge in [0.05, 0.1) is 33.6 Å². The molecule has 0 saturated heterocycles. The summed E-state index contributed by atoms with van der Waals surface area (Å²) in [5.74, 6) is -3.44. The lowest BCUT2D eigenvalue weighted by molar-refractivity contribution is 0.0910. The molecule has 0 spiro atoms. The molecule has 0 aromatic heterocycles. The normalized spacial score (nSPS) is 13.3. The monoisotopic (exact) mass is 750 g/mol. The molecule has 7 aromatic rings. The highest BCUT2D eigenvalue weighted by atomic mass is 16.3. The van der Waals surface area contributed by atoms with Crippen molar-refractivity contribution in [3.8, 4) is 61.8 Å². The molecule has 7 aromatic carbocycles. The van der Waals surface area contributed by atoms with E-state index >= 15 is 0 Å². The maximum atomic E-state index is 13.5. The van der Waals surface area contributed by atoms with Crippen molar-refractivity contribution in [3.63, 3.8) is 0 Å². The number of phenols is 3. The number of fused-ring (bicyclic) bond motifs is 2. The molecule has 2 aliphatic heterocycles. The van der Waals surface area contributed by atoms with E-state index in [0.29, 0.717) is 28.2 Å². The van der Waals surface area contributed by atoms with Crippen molar-refractivity contribution < 1.29 is 34.5 Å². The van der Waals surface area contributed by atoms with Gasteiger partial charge in [-0.05, 0) is 118 Å². The second kappa shape index (κ2) is 13.0. The number of anilines is 4. The number of aromatic hydroxyl groups is 3. The number of nitrogen functional groups attached to an aromatic ring is 2. The van der Waals surface area contributed by atoms with E-state index < -0.39 is 40.9 Å². The summed E-state index contributed by atoms with van der Waals surface area (Å²) in [6.07, 6.45) is 0. The van der Waals surface area contributed by atoms with Crippen molar-refractivity contribution in [1.82, 2.24) is 0 Å². The Labute approximate surface area is 324 Å². The van der Waals surface area contributed by atoms with Crippen LogP contribution in [0.4, 0.5) is 22.7 Å². The van der Waals surface area contributed by atoms with Crippen molar-refractivity contribution in [1.29, 1.82) is 0 Å². The number of nitrogens with zero attached hydrogens (tertiary/aromatic N) is 2. The molecule has 0 fully saturated rings. The topological polar surface area (TPSA) is 187 Å². The summed E-state index contributed by atoms with van der Waals surface area (Å²) < 4.78 is 0. The summed E-state index contributed by atoms with van der Waals surface area (Å²) in [7, 11) is 0. The standard InChI is InChI=1S/C46H30N4O7/c47-30-10-1-24(2-11-30)27-7-16-35-37(21-27)45(56)49(43(35)54)32-14-5-26(6-15-32)33-18-19-34(42(53)41(33)52)29-9-20-39(40(51)23-29)50-44(55)36-17-8-28(22-38(36)46(50)57)25-3-12-31(48)13-4-25/h1-23,51-53H,47-48H2. The minimum atomic E-state index is -0.599. The Hall–Kier alpha value is -8.18. The van der Waals surface area contributed by atoms with Gasteiger partial charge < -0.3 is 26.8 Å². The van der Waals surface area contributed by atoms with Gasteiger partial charge in [0, 0.05) is 22.5 Å². The lowest BCUT2D eigenvalue weighted by atomic mass is 9.97. The number of nitrogens with two attached hydrogens (primary N) is 2. The number of carbonyl (C=O) groups excluding carboxylic acids is 4. The van der Waals surface area contributed by atoms with Crippen molar-refractivity contribution >= 4 is 46.4 Å². The van der Waals surface area contributed by atoms with Crippen LogP contribution in [0.25, 0.3) is 44.5 Å². The van der Waals surface area contributed by atoms with Gasteiger partial charge in [0.2, 0.25) is 0 Å². The number of rotatable bonds is 6. The molecule has 0 aliphatic carbocycles. The third kappa shape index (κ3) is 5.61. The number of imide groups is 2. The van der Waals surface area contributed by atoms with Crippen molar-refractivity contribution in [3.05, 3.63) is 162 Å². The molecule has 57 heavy (non-hydrogen) atoms. The molecular formula is C46H30N4O7. The van der Waals surface area contributed by atoms with E-state index in [9.17, 15) is 34.5 Å². The molecular weight excluding hydrogens is 721 g/mol. The summed E-state index contributed by atoms with van der Waals surface area (Å²) in [4.78, 5) is 55.8. The molecule has 9 rings (SSSR count). The van der Waals surface area contributed by atoms with E-state index in [-0.39, 0.29) is 39.1 Å². The summed E-state index contributed by atoms with van der Waals surface area (Å²) in [6, 6.07) is 38.1. The quantitative estimate of drug-likeness (QED) is 0.0634. The predicted molar refractivity (Wildman–Crippen MR) is 217 cm³/mol. The van der Waals surface area contributed by atoms with E-state index in [1.807, 2.05) is 24.3 Å². The Bertz CT molecular complexity index is 2870. The second-order valence-electron chi connectivity index (χ2n) is 13.8. The van der Waals surface area contributed by atoms with Gasteiger partial charge in [-0.2, -0.15) is 0 Å². The molecule has 2 heterocycles. The molecule has 11 heteroatoms. The van der Waals surface area contributed by atoms with Crippen LogP contribution < -0.4 is 21.3 Å². The zero-order chi connectivity index (χ0) is 39.7. The van der Waals surface area contributed by atoms with E-state index in [0.717, 1.165) is 32.1 Å². The summed E-state index contributed by atoms with van der Waals surface area (Å²) in [6.45, 7) is 0. The lowest BCUT2D eigenvalue weighted by Crippen LogP contribution is -2.29. The fraction of sp³-hybridized carbons (Fsp3) is 0. The van der Waals surface area contributed by atoms with Crippen LogP contribution in [-0.2, 0) is 0 Å². The van der Waals surface area contributed by atoms with Crippen LogP contribution >= 0.6 is 0 Å². The van der Waals surface area contributed by atoms with Gasteiger partial charge in [-0.1, -0.05) is 54.6 Å². The first-order chi connectivity index (χ1) is 27.5. The number of hydrogen-bond donors (Lipinski definition) is 5. The number of amides is 4. The molecule has 4 amide bonds. The van der Waals surface area contributed by atoms with Crippen LogP contribution in [0, 0.1) is 0 Å². The minimum Gasteiger partial charge on any atom is -0.506 e. The first-order valence-corrected chi connectivity index (χ1v) is 17.7. The fourth-order valence-corrected chi connectivity index (χ4v) is 7.36. The van der Waals surface area contributed by atoms with Crippen LogP contribution in [0.2, 0.25) is 0 Å². The van der Waals surface area contributed by atoms with Gasteiger partial charge in [0.25, 0.3) is 23.6 Å². The van der Waals surface area contributed by atoms with Crippen molar-refractivity contribution in [2.24, 2.45) is 0 Å². The maximum absolute atomic E-state index is 13.5. The van der Waals surface area contributed by atoms with E-state index in [1.54, 1.807) is 97.1 Å². The van der Waals surface area contributed by atoms with Gasteiger partial charge in [0.15, 0.2) is 11.5 Å². The predicted octanol–water partition coefficient (Wildman–Crippen LogP) is 8.24. The molecule has 7 N–H and O–H groups in total. The zero-order valence-electron chi connectivity index (χ0n) is 29.8. The van der Waals surface area contributed by atoms with E-state index in [4.69, 9.17) is 11.5 Å². The van der Waals surface area contributed by atoms with Crippen LogP contribution in [0.5, 0.6) is 17.2 Å². The fourth-order valence-electron chi connectivity index (χ4n) is 7.36. The Balaban J connectivity index is 0.947. The van der Waals surface area contributed by atoms with Crippen LogP contribution in [-0.4, -0.2) is 38.9 Å². The Morgan fingerprint density at radius 3 is 1.25 bits per heavy atom. The number of carbonyl (C=O) groups is 4.